The second-order valence-corrected chi connectivity index (χ2v) is 12.9. The molecule has 2 aromatic rings. The summed E-state index contributed by atoms with van der Waals surface area (Å²) in [7, 11) is 5.17. The van der Waals surface area contributed by atoms with Crippen LogP contribution in [0.1, 0.15) is 49.3 Å². The number of hydrogen-bond donors (Lipinski definition) is 3. The number of nitrogens with two attached hydrogens (primary N) is 1. The zero-order valence-corrected chi connectivity index (χ0v) is 24.7. The maximum Gasteiger partial charge on any atom is 0.163 e. The average molecular weight is 579 g/mol. The van der Waals surface area contributed by atoms with E-state index >= 15 is 0 Å². The monoisotopic (exact) mass is 578 g/mol. The summed E-state index contributed by atoms with van der Waals surface area (Å²) >= 11 is 0. The van der Waals surface area contributed by atoms with Crippen LogP contribution < -0.4 is 15.8 Å². The first-order chi connectivity index (χ1) is 19.4. The lowest BCUT2D eigenvalue weighted by Crippen LogP contribution is -2.41. The Kier molecular flexibility index (Phi) is 11.0. The average Bonchev–Trinajstić information content (AvgIpc) is 2.95. The Morgan fingerprint density at radius 3 is 2.67 bits per heavy atom. The molecule has 2 aromatic carbocycles. The minimum atomic E-state index is -0.308. The number of Topliss-reactive ketones (excluding diaryl/α,β-unsaturated/α-hetero) is 1. The van der Waals surface area contributed by atoms with Crippen molar-refractivity contribution in [1.82, 2.24) is 5.32 Å². The first-order valence-corrected chi connectivity index (χ1v) is 16.1. The van der Waals surface area contributed by atoms with E-state index < -0.39 is 0 Å². The van der Waals surface area contributed by atoms with Gasteiger partial charge in [0.05, 0.1) is 19.7 Å². The lowest BCUT2D eigenvalue weighted by atomic mass is 9.93. The van der Waals surface area contributed by atoms with Crippen LogP contribution in [-0.4, -0.2) is 41.0 Å². The third-order valence-corrected chi connectivity index (χ3v) is 10.3. The number of allylic oxidation sites excluding steroid dienone is 3. The SMILES string of the molecule is CCC1CCC(=O)CC(=O)C=Cc2cc(OC)c(O)cc2CC2=CNC(N)C(=C2)C(Cc2ccccc2)SSC1. The van der Waals surface area contributed by atoms with E-state index in [0.29, 0.717) is 24.5 Å². The molecule has 212 valence electrons. The second kappa shape index (κ2) is 14.6. The fourth-order valence-corrected chi connectivity index (χ4v) is 8.17. The van der Waals surface area contributed by atoms with Gasteiger partial charge in [0.2, 0.25) is 0 Å². The molecule has 0 spiro atoms. The van der Waals surface area contributed by atoms with Gasteiger partial charge in [-0.2, -0.15) is 0 Å². The summed E-state index contributed by atoms with van der Waals surface area (Å²) in [5, 5.41) is 14.0. The normalized spacial score (nSPS) is 22.7. The number of methoxy groups -OCH3 is 1. The highest BCUT2D eigenvalue weighted by Gasteiger charge is 2.25. The van der Waals surface area contributed by atoms with Crippen LogP contribution >= 0.6 is 21.6 Å². The lowest BCUT2D eigenvalue weighted by molar-refractivity contribution is -0.124. The maximum atomic E-state index is 12.6. The van der Waals surface area contributed by atoms with Crippen LogP contribution in [0.15, 0.2) is 72.0 Å². The first-order valence-electron chi connectivity index (χ1n) is 13.7. The number of hydrogen-bond acceptors (Lipinski definition) is 8. The molecule has 8 heteroatoms. The fraction of sp³-hybridized carbons (Fsp3) is 0.375. The van der Waals surface area contributed by atoms with Crippen molar-refractivity contribution in [1.29, 1.82) is 0 Å². The second-order valence-electron chi connectivity index (χ2n) is 10.3. The van der Waals surface area contributed by atoms with Gasteiger partial charge in [0.25, 0.3) is 0 Å². The molecule has 2 heterocycles. The molecule has 2 aliphatic rings. The Labute approximate surface area is 244 Å². The summed E-state index contributed by atoms with van der Waals surface area (Å²) in [4.78, 5) is 25.2. The minimum Gasteiger partial charge on any atom is -0.504 e. The van der Waals surface area contributed by atoms with E-state index in [4.69, 9.17) is 10.5 Å². The van der Waals surface area contributed by atoms with Crippen LogP contribution in [0.5, 0.6) is 11.5 Å². The Bertz CT molecular complexity index is 1290. The number of ketones is 2. The number of ether oxygens (including phenoxy) is 1. The van der Waals surface area contributed by atoms with Gasteiger partial charge in [0.15, 0.2) is 17.3 Å². The molecule has 0 aromatic heterocycles. The van der Waals surface area contributed by atoms with Crippen LogP contribution in [-0.2, 0) is 22.4 Å². The zero-order valence-electron chi connectivity index (χ0n) is 23.1. The molecule has 0 saturated heterocycles. The van der Waals surface area contributed by atoms with Gasteiger partial charge in [-0.25, -0.2) is 0 Å². The van der Waals surface area contributed by atoms with E-state index in [1.54, 1.807) is 18.2 Å². The number of rotatable bonds is 4. The van der Waals surface area contributed by atoms with Gasteiger partial charge in [0, 0.05) is 23.6 Å². The Balaban J connectivity index is 1.71. The van der Waals surface area contributed by atoms with E-state index in [9.17, 15) is 14.7 Å². The molecule has 3 atom stereocenters. The molecule has 3 unspecified atom stereocenters. The molecule has 4 N–H and O–H groups in total. The molecule has 0 fully saturated rings. The summed E-state index contributed by atoms with van der Waals surface area (Å²) in [6, 6.07) is 13.8. The van der Waals surface area contributed by atoms with Gasteiger partial charge in [-0.15, -0.1) is 0 Å². The molecular weight excluding hydrogens is 540 g/mol. The van der Waals surface area contributed by atoms with E-state index in [1.165, 1.54) is 18.7 Å². The molecule has 0 aliphatic carbocycles. The molecule has 0 radical (unpaired) electrons. The van der Waals surface area contributed by atoms with Crippen molar-refractivity contribution in [3.05, 3.63) is 88.7 Å². The summed E-state index contributed by atoms with van der Waals surface area (Å²) in [5.41, 5.74) is 11.6. The van der Waals surface area contributed by atoms with Gasteiger partial charge in [-0.1, -0.05) is 77.4 Å². The maximum absolute atomic E-state index is 12.6. The number of aromatic hydroxyl groups is 1. The van der Waals surface area contributed by atoms with Gasteiger partial charge >= 0.3 is 0 Å². The van der Waals surface area contributed by atoms with E-state index in [1.807, 2.05) is 33.9 Å². The van der Waals surface area contributed by atoms with Crippen molar-refractivity contribution >= 4 is 39.2 Å². The smallest absolute Gasteiger partial charge is 0.163 e. The van der Waals surface area contributed by atoms with Crippen LogP contribution in [0.3, 0.4) is 0 Å². The predicted molar refractivity (Wildman–Crippen MR) is 166 cm³/mol. The number of fused-ring (bicyclic) bond motifs is 2. The van der Waals surface area contributed by atoms with Crippen LogP contribution in [0.25, 0.3) is 6.08 Å². The highest BCUT2D eigenvalue weighted by molar-refractivity contribution is 8.77. The number of phenols is 1. The highest BCUT2D eigenvalue weighted by Crippen LogP contribution is 2.38. The number of phenolic OH excluding ortho intramolecular Hbond substituents is 1. The number of carbonyl (C=O) groups excluding carboxylic acids is 2. The summed E-state index contributed by atoms with van der Waals surface area (Å²) in [5.74, 6) is 1.43. The molecule has 2 aliphatic heterocycles. The van der Waals surface area contributed by atoms with Crippen LogP contribution in [0, 0.1) is 5.92 Å². The minimum absolute atomic E-state index is 0.0285. The first kappa shape index (κ1) is 30.0. The van der Waals surface area contributed by atoms with Gasteiger partial charge in [-0.3, -0.25) is 9.59 Å². The number of benzene rings is 2. The molecule has 40 heavy (non-hydrogen) atoms. The standard InChI is InChI=1S/C32H38N2O4S2/c1-3-21-9-11-26(35)18-27(36)12-10-24-17-30(38-2)29(37)16-25(24)13-23-14-28(32(33)34-19-23)31(40-39-20-21)15-22-7-5-4-6-8-22/h4-8,10,12,14,16-17,19,21,31-32,34,37H,3,9,11,13,15,18,20,33H2,1-2H3. The molecule has 0 amide bonds. The van der Waals surface area contributed by atoms with Crippen molar-refractivity contribution in [2.45, 2.75) is 56.9 Å². The van der Waals surface area contributed by atoms with Crippen molar-refractivity contribution in [2.24, 2.45) is 11.7 Å². The number of dihydropyridines is 1. The van der Waals surface area contributed by atoms with Crippen LogP contribution in [0.4, 0.5) is 0 Å². The Morgan fingerprint density at radius 2 is 1.93 bits per heavy atom. The van der Waals surface area contributed by atoms with E-state index in [-0.39, 0.29) is 35.2 Å². The van der Waals surface area contributed by atoms with E-state index in [0.717, 1.165) is 47.3 Å². The Morgan fingerprint density at radius 1 is 1.12 bits per heavy atom. The fourth-order valence-electron chi connectivity index (χ4n) is 4.90. The molecule has 2 bridgehead atoms. The summed E-state index contributed by atoms with van der Waals surface area (Å²) in [6.45, 7) is 2.16. The molecule has 6 nitrogen and oxygen atoms in total. The topological polar surface area (TPSA) is 102 Å². The Hall–Kier alpha value is -2.94. The summed E-state index contributed by atoms with van der Waals surface area (Å²) < 4.78 is 5.32. The zero-order chi connectivity index (χ0) is 28.5. The molecule has 0 saturated carbocycles. The van der Waals surface area contributed by atoms with Crippen molar-refractivity contribution in [3.8, 4) is 11.5 Å². The van der Waals surface area contributed by atoms with E-state index in [2.05, 4.69) is 42.6 Å². The third kappa shape index (κ3) is 8.29. The third-order valence-electron chi connectivity index (χ3n) is 7.35. The van der Waals surface area contributed by atoms with Crippen molar-refractivity contribution in [3.63, 3.8) is 0 Å². The molecular formula is C32H38N2O4S2. The van der Waals surface area contributed by atoms with Gasteiger partial charge < -0.3 is 20.9 Å². The van der Waals surface area contributed by atoms with Crippen molar-refractivity contribution < 1.29 is 19.4 Å². The molecule has 4 rings (SSSR count). The predicted octanol–water partition coefficient (Wildman–Crippen LogP) is 6.00. The largest absolute Gasteiger partial charge is 0.504 e. The number of carbonyl (C=O) groups is 2. The highest BCUT2D eigenvalue weighted by atomic mass is 33.1. The van der Waals surface area contributed by atoms with Gasteiger partial charge in [0.1, 0.15) is 5.78 Å². The number of nitrogens with one attached hydrogen (secondary N) is 1. The summed E-state index contributed by atoms with van der Waals surface area (Å²) in [6.07, 6.45) is 10.4. The quantitative estimate of drug-likeness (QED) is 0.300. The lowest BCUT2D eigenvalue weighted by Gasteiger charge is -2.29. The van der Waals surface area contributed by atoms with Crippen LogP contribution in [0.2, 0.25) is 0 Å². The van der Waals surface area contributed by atoms with Crippen molar-refractivity contribution in [2.75, 3.05) is 12.9 Å². The van der Waals surface area contributed by atoms with Gasteiger partial charge in [-0.05, 0) is 71.2 Å².